The Hall–Kier alpha value is -1.39. The fourth-order valence-electron chi connectivity index (χ4n) is 5.60. The zero-order valence-corrected chi connectivity index (χ0v) is 23.0. The van der Waals surface area contributed by atoms with Gasteiger partial charge in [-0.3, -0.25) is 4.79 Å². The summed E-state index contributed by atoms with van der Waals surface area (Å²) in [5.41, 5.74) is 6.29. The number of halogens is 3. The van der Waals surface area contributed by atoms with Gasteiger partial charge in [-0.15, -0.1) is 0 Å². The van der Waals surface area contributed by atoms with Crippen LogP contribution in [0.2, 0.25) is 15.1 Å². The zero-order chi connectivity index (χ0) is 26.3. The number of benzene rings is 2. The van der Waals surface area contributed by atoms with E-state index in [1.165, 1.54) is 0 Å². The van der Waals surface area contributed by atoms with Gasteiger partial charge in [-0.25, -0.2) is 8.42 Å². The van der Waals surface area contributed by atoms with Crippen molar-refractivity contribution in [2.24, 2.45) is 11.7 Å². The van der Waals surface area contributed by atoms with Crippen LogP contribution in [0.15, 0.2) is 42.5 Å². The molecule has 0 saturated carbocycles. The summed E-state index contributed by atoms with van der Waals surface area (Å²) in [4.78, 5) is 15.4. The molecule has 3 N–H and O–H groups in total. The van der Waals surface area contributed by atoms with Crippen molar-refractivity contribution in [1.82, 2.24) is 9.21 Å². The first-order valence-corrected chi connectivity index (χ1v) is 14.5. The maximum Gasteiger partial charge on any atom is 0.228 e. The lowest BCUT2D eigenvalue weighted by Gasteiger charge is -2.45. The summed E-state index contributed by atoms with van der Waals surface area (Å²) in [5, 5.41) is 11.8. The second-order valence-corrected chi connectivity index (χ2v) is 13.1. The largest absolute Gasteiger partial charge is 0.396 e. The maximum atomic E-state index is 13.2. The summed E-state index contributed by atoms with van der Waals surface area (Å²) in [6.45, 7) is 3.41. The van der Waals surface area contributed by atoms with Crippen molar-refractivity contribution in [3.05, 3.63) is 68.7 Å². The monoisotopic (exact) mass is 573 g/mol. The number of hydrogen-bond donors (Lipinski definition) is 2. The predicted octanol–water partition coefficient (Wildman–Crippen LogP) is 3.50. The third-order valence-corrected chi connectivity index (χ3v) is 10.7. The van der Waals surface area contributed by atoms with Gasteiger partial charge in [-0.2, -0.15) is 4.31 Å². The number of sulfonamides is 1. The Morgan fingerprint density at radius 3 is 2.44 bits per heavy atom. The topological polar surface area (TPSA) is 104 Å². The number of fused-ring (bicyclic) bond motifs is 1. The lowest BCUT2D eigenvalue weighted by molar-refractivity contribution is -0.126. The highest BCUT2D eigenvalue weighted by atomic mass is 35.5. The van der Waals surface area contributed by atoms with Crippen LogP contribution >= 0.6 is 34.8 Å². The zero-order valence-electron chi connectivity index (χ0n) is 19.9. The SMILES string of the molecule is CC(C(N)=O)(c1ccc(Cl)c(Cl)c1)C(CN1CCN2C(CCS2(=O)=O)C1)[C@@H](CO)c1ccc(Cl)cc1. The maximum absolute atomic E-state index is 13.2. The average molecular weight is 575 g/mol. The molecule has 4 atom stereocenters. The Morgan fingerprint density at radius 2 is 1.83 bits per heavy atom. The molecule has 2 aromatic carbocycles. The second kappa shape index (κ2) is 10.8. The van der Waals surface area contributed by atoms with Crippen LogP contribution in [0.3, 0.4) is 0 Å². The number of aliphatic hydroxyl groups excluding tert-OH is 1. The Morgan fingerprint density at radius 1 is 1.14 bits per heavy atom. The van der Waals surface area contributed by atoms with E-state index in [4.69, 9.17) is 40.5 Å². The van der Waals surface area contributed by atoms with Crippen LogP contribution in [0.1, 0.15) is 30.4 Å². The predicted molar refractivity (Wildman–Crippen MR) is 143 cm³/mol. The van der Waals surface area contributed by atoms with Crippen LogP contribution in [0.5, 0.6) is 0 Å². The molecule has 2 aliphatic heterocycles. The van der Waals surface area contributed by atoms with Crippen LogP contribution in [0.4, 0.5) is 0 Å². The van der Waals surface area contributed by atoms with Crippen molar-refractivity contribution in [2.45, 2.75) is 30.7 Å². The van der Waals surface area contributed by atoms with Gasteiger partial charge < -0.3 is 15.7 Å². The molecule has 0 radical (unpaired) electrons. The number of rotatable bonds is 8. The first-order chi connectivity index (χ1) is 17.0. The molecule has 2 fully saturated rings. The molecule has 11 heteroatoms. The molecule has 36 heavy (non-hydrogen) atoms. The molecule has 2 heterocycles. The van der Waals surface area contributed by atoms with Gasteiger partial charge in [-0.05, 0) is 54.7 Å². The molecule has 2 aromatic rings. The molecular weight excluding hydrogens is 545 g/mol. The number of aliphatic hydroxyl groups is 1. The Kier molecular flexibility index (Phi) is 8.27. The minimum Gasteiger partial charge on any atom is -0.396 e. The molecule has 2 saturated heterocycles. The molecule has 3 unspecified atom stereocenters. The van der Waals surface area contributed by atoms with Crippen LogP contribution in [0, 0.1) is 5.92 Å². The lowest BCUT2D eigenvalue weighted by Crippen LogP contribution is -2.56. The van der Waals surface area contributed by atoms with Crippen molar-refractivity contribution >= 4 is 50.7 Å². The van der Waals surface area contributed by atoms with Gasteiger partial charge in [0.1, 0.15) is 0 Å². The molecular formula is C25H30Cl3N3O4S. The first-order valence-electron chi connectivity index (χ1n) is 11.8. The van der Waals surface area contributed by atoms with Crippen molar-refractivity contribution < 1.29 is 18.3 Å². The van der Waals surface area contributed by atoms with Gasteiger partial charge in [0.25, 0.3) is 0 Å². The minimum atomic E-state index is -3.21. The van der Waals surface area contributed by atoms with Gasteiger partial charge in [0, 0.05) is 43.2 Å². The highest BCUT2D eigenvalue weighted by Gasteiger charge is 2.48. The van der Waals surface area contributed by atoms with Crippen LogP contribution in [-0.4, -0.2) is 73.2 Å². The van der Waals surface area contributed by atoms with E-state index >= 15 is 0 Å². The third-order valence-electron chi connectivity index (χ3n) is 7.79. The number of piperazine rings is 1. The van der Waals surface area contributed by atoms with E-state index in [0.717, 1.165) is 5.56 Å². The summed E-state index contributed by atoms with van der Waals surface area (Å²) in [6, 6.07) is 12.1. The van der Waals surface area contributed by atoms with E-state index in [-0.39, 0.29) is 18.4 Å². The fourth-order valence-corrected chi connectivity index (χ4v) is 7.81. The van der Waals surface area contributed by atoms with E-state index in [1.54, 1.807) is 41.6 Å². The Labute approximate surface area is 227 Å². The summed E-state index contributed by atoms with van der Waals surface area (Å²) in [7, 11) is -3.21. The molecule has 0 aliphatic carbocycles. The molecule has 2 aliphatic rings. The smallest absolute Gasteiger partial charge is 0.228 e. The van der Waals surface area contributed by atoms with E-state index in [2.05, 4.69) is 4.90 Å². The van der Waals surface area contributed by atoms with E-state index in [1.807, 2.05) is 12.1 Å². The van der Waals surface area contributed by atoms with Crippen molar-refractivity contribution in [3.8, 4) is 0 Å². The van der Waals surface area contributed by atoms with Crippen LogP contribution in [-0.2, 0) is 20.2 Å². The van der Waals surface area contributed by atoms with Crippen molar-refractivity contribution in [3.63, 3.8) is 0 Å². The normalized spacial score (nSPS) is 23.5. The van der Waals surface area contributed by atoms with Crippen LogP contribution in [0.25, 0.3) is 0 Å². The summed E-state index contributed by atoms with van der Waals surface area (Å²) >= 11 is 18.6. The summed E-state index contributed by atoms with van der Waals surface area (Å²) < 4.78 is 26.3. The summed E-state index contributed by atoms with van der Waals surface area (Å²) in [5.74, 6) is -1.33. The highest BCUT2D eigenvalue weighted by Crippen LogP contribution is 2.43. The van der Waals surface area contributed by atoms with Crippen molar-refractivity contribution in [1.29, 1.82) is 0 Å². The highest BCUT2D eigenvalue weighted by molar-refractivity contribution is 7.89. The number of hydrogen-bond acceptors (Lipinski definition) is 5. The van der Waals surface area contributed by atoms with E-state index < -0.39 is 33.2 Å². The quantitative estimate of drug-likeness (QED) is 0.502. The Bertz CT molecular complexity index is 1230. The molecule has 0 bridgehead atoms. The number of amides is 1. The van der Waals surface area contributed by atoms with Gasteiger partial charge in [0.05, 0.1) is 27.8 Å². The van der Waals surface area contributed by atoms with Gasteiger partial charge in [0.2, 0.25) is 15.9 Å². The minimum absolute atomic E-state index is 0.0997. The van der Waals surface area contributed by atoms with Gasteiger partial charge in [-0.1, -0.05) is 53.0 Å². The molecule has 4 rings (SSSR count). The molecule has 196 valence electrons. The number of nitrogens with two attached hydrogens (primary N) is 1. The Balaban J connectivity index is 1.76. The van der Waals surface area contributed by atoms with Crippen LogP contribution < -0.4 is 5.73 Å². The fraction of sp³-hybridized carbons (Fsp3) is 0.480. The molecule has 0 aromatic heterocycles. The first kappa shape index (κ1) is 27.6. The number of carbonyl (C=O) groups is 1. The lowest BCUT2D eigenvalue weighted by atomic mass is 9.64. The van der Waals surface area contributed by atoms with E-state index in [0.29, 0.717) is 53.2 Å². The second-order valence-electron chi connectivity index (χ2n) is 9.77. The third kappa shape index (κ3) is 5.27. The van der Waals surface area contributed by atoms with Gasteiger partial charge >= 0.3 is 0 Å². The van der Waals surface area contributed by atoms with Crippen molar-refractivity contribution in [2.75, 3.05) is 38.5 Å². The number of carbonyl (C=O) groups excluding carboxylic acids is 1. The number of nitrogens with zero attached hydrogens (tertiary/aromatic N) is 2. The average Bonchev–Trinajstić information content (AvgIpc) is 3.15. The standard InChI is InChI=1S/C25H30Cl3N3O4S/c1-25(24(29)33,17-4-7-22(27)23(28)12-17)21(20(15-32)16-2-5-18(26)6-3-16)14-30-9-10-31-19(13-30)8-11-36(31,34)35/h2-7,12,19-21,32H,8-11,13-15H2,1H3,(H2,29,33)/t19?,20-,21?,25?/m0/s1. The molecule has 0 spiro atoms. The number of primary amides is 1. The van der Waals surface area contributed by atoms with E-state index in [9.17, 15) is 18.3 Å². The molecule has 1 amide bonds. The van der Waals surface area contributed by atoms with Gasteiger partial charge in [0.15, 0.2) is 0 Å². The summed E-state index contributed by atoms with van der Waals surface area (Å²) in [6.07, 6.45) is 0.573. The molecule has 7 nitrogen and oxygen atoms in total.